The van der Waals surface area contributed by atoms with Crippen LogP contribution in [0, 0.1) is 10.8 Å². The molecular formula is C16H26N2O2S. The van der Waals surface area contributed by atoms with Crippen LogP contribution in [0.1, 0.15) is 54.2 Å². The summed E-state index contributed by atoms with van der Waals surface area (Å²) in [6, 6.07) is 0.412. The third-order valence-electron chi connectivity index (χ3n) is 5.22. The number of nitrogens with one attached hydrogen (secondary N) is 1. The predicted octanol–water partition coefficient (Wildman–Crippen LogP) is 3.83. The number of aromatic nitrogens is 1. The van der Waals surface area contributed by atoms with Crippen molar-refractivity contribution in [3.05, 3.63) is 11.1 Å². The number of ether oxygens (including phenoxy) is 1. The minimum absolute atomic E-state index is 0.228. The first-order chi connectivity index (χ1) is 9.55. The van der Waals surface area contributed by atoms with E-state index in [9.17, 15) is 4.79 Å². The highest BCUT2D eigenvalue weighted by molar-refractivity contribution is 7.13. The monoisotopic (exact) mass is 310 g/mol. The van der Waals surface area contributed by atoms with Gasteiger partial charge in [0, 0.05) is 11.4 Å². The molecule has 1 fully saturated rings. The van der Waals surface area contributed by atoms with E-state index < -0.39 is 5.41 Å². The third-order valence-corrected chi connectivity index (χ3v) is 5.99. The van der Waals surface area contributed by atoms with Gasteiger partial charge in [-0.05, 0) is 31.6 Å². The lowest BCUT2D eigenvalue weighted by molar-refractivity contribution is -0.148. The minimum atomic E-state index is -0.707. The van der Waals surface area contributed by atoms with E-state index in [0.717, 1.165) is 10.8 Å². The number of esters is 1. The van der Waals surface area contributed by atoms with Crippen molar-refractivity contribution in [3.63, 3.8) is 0 Å². The van der Waals surface area contributed by atoms with Gasteiger partial charge in [-0.1, -0.05) is 27.7 Å². The van der Waals surface area contributed by atoms with Crippen LogP contribution in [0.15, 0.2) is 5.38 Å². The molecule has 1 N–H and O–H groups in total. The molecule has 5 heteroatoms. The highest BCUT2D eigenvalue weighted by Crippen LogP contribution is 2.63. The Morgan fingerprint density at radius 2 is 1.95 bits per heavy atom. The third kappa shape index (κ3) is 2.56. The Balaban J connectivity index is 2.11. The number of anilines is 1. The quantitative estimate of drug-likeness (QED) is 0.840. The zero-order valence-electron chi connectivity index (χ0n) is 14.0. The number of nitrogens with zero attached hydrogens (tertiary/aromatic N) is 1. The molecule has 0 aromatic carbocycles. The molecule has 0 amide bonds. The van der Waals surface area contributed by atoms with Gasteiger partial charge in [0.05, 0.1) is 12.3 Å². The molecule has 118 valence electrons. The standard InChI is InChI=1S/C16H26N2O2S/c1-8-20-12(19)14(2,3)10-9-21-13(17-10)18-11-15(4,5)16(11,6)7/h9,11H,8H2,1-7H3,(H,17,18). The van der Waals surface area contributed by atoms with Gasteiger partial charge in [-0.2, -0.15) is 0 Å². The van der Waals surface area contributed by atoms with Crippen LogP contribution in [0.4, 0.5) is 5.13 Å². The predicted molar refractivity (Wildman–Crippen MR) is 86.7 cm³/mol. The normalized spacial score (nSPS) is 20.1. The number of hydrogen-bond acceptors (Lipinski definition) is 5. The second kappa shape index (κ2) is 4.97. The lowest BCUT2D eigenvalue weighted by Crippen LogP contribution is -2.31. The van der Waals surface area contributed by atoms with E-state index in [4.69, 9.17) is 4.74 Å². The van der Waals surface area contributed by atoms with Gasteiger partial charge in [-0.3, -0.25) is 4.79 Å². The maximum Gasteiger partial charge on any atom is 0.317 e. The van der Waals surface area contributed by atoms with Crippen molar-refractivity contribution in [2.45, 2.75) is 59.9 Å². The summed E-state index contributed by atoms with van der Waals surface area (Å²) in [4.78, 5) is 16.6. The van der Waals surface area contributed by atoms with Crippen molar-refractivity contribution >= 4 is 22.4 Å². The van der Waals surface area contributed by atoms with Crippen LogP contribution in [0.5, 0.6) is 0 Å². The highest BCUT2D eigenvalue weighted by Gasteiger charge is 2.65. The van der Waals surface area contributed by atoms with Crippen LogP contribution in [0.25, 0.3) is 0 Å². The van der Waals surface area contributed by atoms with E-state index in [1.54, 1.807) is 11.3 Å². The van der Waals surface area contributed by atoms with Gasteiger partial charge >= 0.3 is 5.97 Å². The van der Waals surface area contributed by atoms with Crippen molar-refractivity contribution in [3.8, 4) is 0 Å². The molecular weight excluding hydrogens is 284 g/mol. The summed E-state index contributed by atoms with van der Waals surface area (Å²) in [5.41, 5.74) is 0.580. The molecule has 0 atom stereocenters. The molecule has 1 aliphatic rings. The molecule has 1 aromatic heterocycles. The van der Waals surface area contributed by atoms with Crippen LogP contribution < -0.4 is 5.32 Å². The van der Waals surface area contributed by atoms with E-state index in [2.05, 4.69) is 38.0 Å². The van der Waals surface area contributed by atoms with Gasteiger partial charge in [-0.25, -0.2) is 4.98 Å². The number of hydrogen-bond donors (Lipinski definition) is 1. The van der Waals surface area contributed by atoms with Gasteiger partial charge in [-0.15, -0.1) is 11.3 Å². The van der Waals surface area contributed by atoms with Gasteiger partial charge in [0.2, 0.25) is 0 Å². The van der Waals surface area contributed by atoms with Crippen LogP contribution in [0.3, 0.4) is 0 Å². The summed E-state index contributed by atoms with van der Waals surface area (Å²) in [5.74, 6) is -0.228. The molecule has 0 unspecified atom stereocenters. The number of carbonyl (C=O) groups excluding carboxylic acids is 1. The largest absolute Gasteiger partial charge is 0.465 e. The van der Waals surface area contributed by atoms with E-state index in [1.165, 1.54) is 0 Å². The maximum absolute atomic E-state index is 12.0. The minimum Gasteiger partial charge on any atom is -0.465 e. The Bertz CT molecular complexity index is 532. The van der Waals surface area contributed by atoms with Crippen molar-refractivity contribution in [1.29, 1.82) is 0 Å². The summed E-state index contributed by atoms with van der Waals surface area (Å²) >= 11 is 1.55. The second-order valence-corrected chi connectivity index (χ2v) is 8.26. The number of thiazole rings is 1. The first kappa shape index (κ1) is 16.3. The first-order valence-corrected chi connectivity index (χ1v) is 8.33. The SMILES string of the molecule is CCOC(=O)C(C)(C)c1csc(NC2C(C)(C)C2(C)C)n1. The molecule has 1 aromatic rings. The van der Waals surface area contributed by atoms with Crippen LogP contribution in [-0.4, -0.2) is 23.6 Å². The average molecular weight is 310 g/mol. The van der Waals surface area contributed by atoms with E-state index in [-0.39, 0.29) is 16.8 Å². The molecule has 1 heterocycles. The van der Waals surface area contributed by atoms with Gasteiger partial charge in [0.25, 0.3) is 0 Å². The molecule has 0 saturated heterocycles. The fourth-order valence-corrected chi connectivity index (χ4v) is 3.63. The van der Waals surface area contributed by atoms with Crippen molar-refractivity contribution in [2.24, 2.45) is 10.8 Å². The Hall–Kier alpha value is -1.10. The molecule has 0 spiro atoms. The molecule has 0 radical (unpaired) electrons. The zero-order chi connectivity index (χ0) is 16.1. The van der Waals surface area contributed by atoms with Gasteiger partial charge < -0.3 is 10.1 Å². The molecule has 0 bridgehead atoms. The summed E-state index contributed by atoms with van der Waals surface area (Å²) in [7, 11) is 0. The summed E-state index contributed by atoms with van der Waals surface area (Å²) in [6.07, 6.45) is 0. The van der Waals surface area contributed by atoms with Gasteiger partial charge in [0.1, 0.15) is 5.41 Å². The fourth-order valence-electron chi connectivity index (χ4n) is 2.72. The maximum atomic E-state index is 12.0. The smallest absolute Gasteiger partial charge is 0.317 e. The first-order valence-electron chi connectivity index (χ1n) is 7.45. The second-order valence-electron chi connectivity index (χ2n) is 7.40. The molecule has 1 saturated carbocycles. The number of rotatable bonds is 5. The topological polar surface area (TPSA) is 51.2 Å². The molecule has 1 aliphatic carbocycles. The Kier molecular flexibility index (Phi) is 3.85. The van der Waals surface area contributed by atoms with E-state index >= 15 is 0 Å². The van der Waals surface area contributed by atoms with Crippen molar-refractivity contribution in [2.75, 3.05) is 11.9 Å². The average Bonchev–Trinajstić information content (AvgIpc) is 2.77. The van der Waals surface area contributed by atoms with Crippen molar-refractivity contribution < 1.29 is 9.53 Å². The lowest BCUT2D eigenvalue weighted by atomic mass is 9.90. The van der Waals surface area contributed by atoms with Crippen molar-refractivity contribution in [1.82, 2.24) is 4.98 Å². The molecule has 21 heavy (non-hydrogen) atoms. The van der Waals surface area contributed by atoms with Gasteiger partial charge in [0.15, 0.2) is 5.13 Å². The molecule has 0 aliphatic heterocycles. The molecule has 4 nitrogen and oxygen atoms in total. The fraction of sp³-hybridized carbons (Fsp3) is 0.750. The zero-order valence-corrected chi connectivity index (χ0v) is 14.9. The highest BCUT2D eigenvalue weighted by atomic mass is 32.1. The van der Waals surface area contributed by atoms with E-state index in [0.29, 0.717) is 12.6 Å². The summed E-state index contributed by atoms with van der Waals surface area (Å²) < 4.78 is 5.14. The Labute approximate surface area is 131 Å². The van der Waals surface area contributed by atoms with E-state index in [1.807, 2.05) is 26.2 Å². The molecule has 2 rings (SSSR count). The lowest BCUT2D eigenvalue weighted by Gasteiger charge is -2.19. The number of carbonyl (C=O) groups is 1. The summed E-state index contributed by atoms with van der Waals surface area (Å²) in [5, 5.41) is 6.34. The Morgan fingerprint density at radius 1 is 1.38 bits per heavy atom. The Morgan fingerprint density at radius 3 is 2.43 bits per heavy atom. The van der Waals surface area contributed by atoms with Crippen LogP contribution in [-0.2, 0) is 14.9 Å². The van der Waals surface area contributed by atoms with Crippen LogP contribution >= 0.6 is 11.3 Å². The summed E-state index contributed by atoms with van der Waals surface area (Å²) in [6.45, 7) is 15.0. The van der Waals surface area contributed by atoms with Crippen LogP contribution in [0.2, 0.25) is 0 Å².